The average Bonchev–Trinajstić information content (AvgIpc) is 3.63. The summed E-state index contributed by atoms with van der Waals surface area (Å²) < 4.78 is 80.9. The molecule has 3 heterocycles. The van der Waals surface area contributed by atoms with Crippen LogP contribution < -0.4 is 10.6 Å². The summed E-state index contributed by atoms with van der Waals surface area (Å²) in [5.74, 6) is -1.38. The lowest BCUT2D eigenvalue weighted by molar-refractivity contribution is -0.165. The molecule has 0 radical (unpaired) electrons. The Morgan fingerprint density at radius 3 is 2.13 bits per heavy atom. The second-order valence-electron chi connectivity index (χ2n) is 10.3. The maximum Gasteiger partial charge on any atom is 0.437 e. The molecule has 0 bridgehead atoms. The monoisotopic (exact) mass is 676 g/mol. The highest BCUT2D eigenvalue weighted by Crippen LogP contribution is 2.38. The fourth-order valence-corrected chi connectivity index (χ4v) is 4.87. The van der Waals surface area contributed by atoms with Gasteiger partial charge in [-0.1, -0.05) is 48.0 Å². The third-order valence-electron chi connectivity index (χ3n) is 6.69. The van der Waals surface area contributed by atoms with Crippen LogP contribution in [0.1, 0.15) is 54.6 Å². The Labute approximate surface area is 267 Å². The van der Waals surface area contributed by atoms with Crippen LogP contribution in [0.3, 0.4) is 0 Å². The largest absolute Gasteiger partial charge is 0.437 e. The summed E-state index contributed by atoms with van der Waals surface area (Å²) in [6.07, 6.45) is -9.54. The zero-order valence-electron chi connectivity index (χ0n) is 24.4. The van der Waals surface area contributed by atoms with E-state index in [9.17, 15) is 35.9 Å². The number of amides is 2. The molecule has 17 heteroatoms. The molecular weight excluding hydrogens is 654 g/mol. The summed E-state index contributed by atoms with van der Waals surface area (Å²) in [6.45, 7) is 2.87. The third-order valence-corrected chi connectivity index (χ3v) is 6.98. The molecule has 0 atom stereocenters. The Kier molecular flexibility index (Phi) is 9.07. The predicted octanol–water partition coefficient (Wildman–Crippen LogP) is 6.40. The number of carbonyl (C=O) groups is 2. The molecule has 0 aliphatic rings. The minimum absolute atomic E-state index is 0.0274. The third kappa shape index (κ3) is 7.43. The standard InChI is InChI=1S/C30H23ClF6N8O2/c1-16-11-17(2)23(20(12-16)27(46)39-14-18-7-4-3-5-8-18)40-28(47)22-13-19(41-45(22)26-21(31)9-6-10-38-26)15-44-42-24(29(32,33)34)25(43-44)30(35,36)37/h3-13H,14-15H2,1-2H3,(H,39,46)(H,40,47). The van der Waals surface area contributed by atoms with Crippen LogP contribution in [0.4, 0.5) is 32.0 Å². The van der Waals surface area contributed by atoms with Crippen molar-refractivity contribution < 1.29 is 35.9 Å². The number of nitrogens with one attached hydrogen (secondary N) is 2. The van der Waals surface area contributed by atoms with Gasteiger partial charge < -0.3 is 10.6 Å². The highest BCUT2D eigenvalue weighted by atomic mass is 35.5. The molecule has 2 aromatic carbocycles. The van der Waals surface area contributed by atoms with Gasteiger partial charge in [-0.05, 0) is 54.8 Å². The van der Waals surface area contributed by atoms with Gasteiger partial charge in [-0.15, -0.1) is 10.2 Å². The Morgan fingerprint density at radius 1 is 0.851 bits per heavy atom. The molecule has 0 saturated carbocycles. The number of hydrogen-bond acceptors (Lipinski definition) is 6. The van der Waals surface area contributed by atoms with Crippen LogP contribution in [0.5, 0.6) is 0 Å². The van der Waals surface area contributed by atoms with E-state index in [1.54, 1.807) is 26.0 Å². The van der Waals surface area contributed by atoms with Gasteiger partial charge >= 0.3 is 12.4 Å². The lowest BCUT2D eigenvalue weighted by atomic mass is 10.0. The zero-order valence-corrected chi connectivity index (χ0v) is 25.2. The Hall–Kier alpha value is -5.25. The van der Waals surface area contributed by atoms with Gasteiger partial charge in [0.2, 0.25) is 0 Å². The van der Waals surface area contributed by atoms with Gasteiger partial charge in [0.25, 0.3) is 11.8 Å². The fraction of sp³-hybridized carbons (Fsp3) is 0.200. The maximum atomic E-state index is 13.8. The average molecular weight is 677 g/mol. The van der Waals surface area contributed by atoms with Crippen molar-refractivity contribution in [2.75, 3.05) is 5.32 Å². The molecule has 47 heavy (non-hydrogen) atoms. The number of carbonyl (C=O) groups excluding carboxylic acids is 2. The van der Waals surface area contributed by atoms with Gasteiger partial charge in [-0.25, -0.2) is 9.67 Å². The summed E-state index contributed by atoms with van der Waals surface area (Å²) in [5.41, 5.74) is -2.47. The molecule has 0 fully saturated rings. The highest BCUT2D eigenvalue weighted by molar-refractivity contribution is 6.32. The van der Waals surface area contributed by atoms with Crippen LogP contribution in [-0.4, -0.2) is 41.6 Å². The van der Waals surface area contributed by atoms with E-state index in [0.717, 1.165) is 21.9 Å². The molecule has 0 saturated heterocycles. The topological polar surface area (TPSA) is 120 Å². The molecule has 244 valence electrons. The van der Waals surface area contributed by atoms with Crippen LogP contribution in [-0.2, 0) is 25.4 Å². The first kappa shape index (κ1) is 33.1. The molecule has 0 unspecified atom stereocenters. The lowest BCUT2D eigenvalue weighted by Gasteiger charge is -2.16. The number of alkyl halides is 6. The molecule has 0 aliphatic carbocycles. The molecular formula is C30H23ClF6N8O2. The van der Waals surface area contributed by atoms with Gasteiger partial charge in [0.1, 0.15) is 12.2 Å². The van der Waals surface area contributed by atoms with Crippen molar-refractivity contribution in [1.82, 2.24) is 35.1 Å². The smallest absolute Gasteiger partial charge is 0.348 e. The van der Waals surface area contributed by atoms with Crippen LogP contribution >= 0.6 is 11.6 Å². The number of nitrogens with zero attached hydrogens (tertiary/aromatic N) is 6. The van der Waals surface area contributed by atoms with Crippen molar-refractivity contribution in [3.8, 4) is 5.82 Å². The van der Waals surface area contributed by atoms with Crippen LogP contribution in [0.25, 0.3) is 5.82 Å². The number of anilines is 1. The number of pyridine rings is 1. The summed E-state index contributed by atoms with van der Waals surface area (Å²) >= 11 is 6.30. The molecule has 2 N–H and O–H groups in total. The predicted molar refractivity (Wildman–Crippen MR) is 157 cm³/mol. The van der Waals surface area contributed by atoms with Crippen LogP contribution in [0, 0.1) is 13.8 Å². The van der Waals surface area contributed by atoms with E-state index in [1.165, 1.54) is 18.3 Å². The van der Waals surface area contributed by atoms with Gasteiger partial charge in [0, 0.05) is 12.7 Å². The summed E-state index contributed by atoms with van der Waals surface area (Å²) in [7, 11) is 0. The summed E-state index contributed by atoms with van der Waals surface area (Å²) in [4.78, 5) is 31.4. The molecule has 0 spiro atoms. The van der Waals surface area contributed by atoms with E-state index < -0.39 is 42.1 Å². The van der Waals surface area contributed by atoms with Crippen LogP contribution in [0.15, 0.2) is 66.9 Å². The molecule has 5 aromatic rings. The number of rotatable bonds is 8. The fourth-order valence-electron chi connectivity index (χ4n) is 4.67. The van der Waals surface area contributed by atoms with E-state index in [2.05, 4.69) is 30.9 Å². The first-order valence-electron chi connectivity index (χ1n) is 13.7. The SMILES string of the molecule is Cc1cc(C)c(NC(=O)c2cc(Cn3nc(C(F)(F)F)c(C(F)(F)F)n3)nn2-c2ncccc2Cl)c(C(=O)NCc2ccccc2)c1. The van der Waals surface area contributed by atoms with Crippen molar-refractivity contribution in [3.05, 3.63) is 117 Å². The normalized spacial score (nSPS) is 11.9. The molecule has 3 aromatic heterocycles. The number of benzene rings is 2. The Bertz CT molecular complexity index is 1920. The number of halogens is 7. The van der Waals surface area contributed by atoms with Gasteiger partial charge in [0.05, 0.1) is 22.0 Å². The van der Waals surface area contributed by atoms with Gasteiger partial charge in [0.15, 0.2) is 17.2 Å². The second-order valence-corrected chi connectivity index (χ2v) is 10.7. The van der Waals surface area contributed by atoms with Crippen molar-refractivity contribution in [2.45, 2.75) is 39.3 Å². The molecule has 10 nitrogen and oxygen atoms in total. The minimum Gasteiger partial charge on any atom is -0.348 e. The van der Waals surface area contributed by atoms with Crippen molar-refractivity contribution in [1.29, 1.82) is 0 Å². The summed E-state index contributed by atoms with van der Waals surface area (Å²) in [5, 5.41) is 15.7. The molecule has 2 amide bonds. The Balaban J connectivity index is 1.51. The van der Waals surface area contributed by atoms with Gasteiger partial charge in [-0.2, -0.15) is 36.2 Å². The lowest BCUT2D eigenvalue weighted by Crippen LogP contribution is -2.26. The quantitative estimate of drug-likeness (QED) is 0.184. The van der Waals surface area contributed by atoms with E-state index in [-0.39, 0.29) is 44.8 Å². The maximum absolute atomic E-state index is 13.8. The minimum atomic E-state index is -5.44. The van der Waals surface area contributed by atoms with E-state index in [1.807, 2.05) is 30.3 Å². The number of aryl methyl sites for hydroxylation is 2. The molecule has 0 aliphatic heterocycles. The van der Waals surface area contributed by atoms with Crippen molar-refractivity contribution in [3.63, 3.8) is 0 Å². The number of hydrogen-bond donors (Lipinski definition) is 2. The molecule has 5 rings (SSSR count). The highest BCUT2D eigenvalue weighted by Gasteiger charge is 2.48. The second kappa shape index (κ2) is 12.9. The van der Waals surface area contributed by atoms with Crippen molar-refractivity contribution >= 4 is 29.1 Å². The van der Waals surface area contributed by atoms with E-state index in [4.69, 9.17) is 11.6 Å². The zero-order chi connectivity index (χ0) is 34.1. The van der Waals surface area contributed by atoms with E-state index >= 15 is 0 Å². The van der Waals surface area contributed by atoms with Crippen molar-refractivity contribution in [2.24, 2.45) is 0 Å². The first-order valence-corrected chi connectivity index (χ1v) is 14.0. The van der Waals surface area contributed by atoms with E-state index in [0.29, 0.717) is 5.56 Å². The summed E-state index contributed by atoms with van der Waals surface area (Å²) in [6, 6.07) is 16.5. The van der Waals surface area contributed by atoms with Crippen LogP contribution in [0.2, 0.25) is 5.02 Å². The number of aromatic nitrogens is 6. The van der Waals surface area contributed by atoms with Gasteiger partial charge in [-0.3, -0.25) is 9.59 Å². The first-order chi connectivity index (χ1) is 22.1. The Morgan fingerprint density at radius 2 is 1.51 bits per heavy atom.